The second kappa shape index (κ2) is 5.19. The van der Waals surface area contributed by atoms with Gasteiger partial charge in [-0.1, -0.05) is 19.3 Å². The van der Waals surface area contributed by atoms with Crippen LogP contribution < -0.4 is 10.6 Å². The number of nitrogen functional groups attached to an aromatic ring is 1. The van der Waals surface area contributed by atoms with Gasteiger partial charge in [-0.15, -0.1) is 0 Å². The van der Waals surface area contributed by atoms with Crippen molar-refractivity contribution >= 4 is 11.5 Å². The standard InChI is InChI=1S/C13H21N3/c1-11-9-12(14)13(15-10-11)16-7-5-3-2-4-6-8-16/h9-10H,2-8,14H2,1H3. The molecule has 0 unspecified atom stereocenters. The van der Waals surface area contributed by atoms with Gasteiger partial charge < -0.3 is 10.6 Å². The lowest BCUT2D eigenvalue weighted by Crippen LogP contribution is -2.28. The van der Waals surface area contributed by atoms with E-state index in [4.69, 9.17) is 5.73 Å². The predicted molar refractivity (Wildman–Crippen MR) is 68.7 cm³/mol. The molecule has 0 saturated carbocycles. The molecule has 3 heteroatoms. The molecule has 0 radical (unpaired) electrons. The van der Waals surface area contributed by atoms with Gasteiger partial charge in [0.2, 0.25) is 0 Å². The molecule has 2 rings (SSSR count). The summed E-state index contributed by atoms with van der Waals surface area (Å²) in [5.74, 6) is 0.979. The third-order valence-electron chi connectivity index (χ3n) is 3.19. The van der Waals surface area contributed by atoms with Crippen LogP contribution in [0.3, 0.4) is 0 Å². The largest absolute Gasteiger partial charge is 0.396 e. The molecule has 1 aliphatic rings. The summed E-state index contributed by atoms with van der Waals surface area (Å²) in [5.41, 5.74) is 7.99. The van der Waals surface area contributed by atoms with Crippen LogP contribution in [0.5, 0.6) is 0 Å². The molecule has 0 bridgehead atoms. The zero-order chi connectivity index (χ0) is 11.4. The number of nitrogens with two attached hydrogens (primary N) is 1. The second-order valence-corrected chi connectivity index (χ2v) is 4.68. The molecule has 1 fully saturated rings. The molecular weight excluding hydrogens is 198 g/mol. The molecule has 1 saturated heterocycles. The number of aromatic nitrogens is 1. The van der Waals surface area contributed by atoms with Gasteiger partial charge >= 0.3 is 0 Å². The van der Waals surface area contributed by atoms with Crippen LogP contribution in [-0.4, -0.2) is 18.1 Å². The molecule has 0 aliphatic carbocycles. The Morgan fingerprint density at radius 1 is 1.12 bits per heavy atom. The highest BCUT2D eigenvalue weighted by atomic mass is 15.2. The smallest absolute Gasteiger partial charge is 0.151 e. The molecule has 1 aromatic rings. The summed E-state index contributed by atoms with van der Waals surface area (Å²) in [4.78, 5) is 6.82. The van der Waals surface area contributed by atoms with Crippen LogP contribution in [-0.2, 0) is 0 Å². The van der Waals surface area contributed by atoms with E-state index in [1.165, 1.54) is 32.1 Å². The lowest BCUT2D eigenvalue weighted by atomic mass is 10.1. The fraction of sp³-hybridized carbons (Fsp3) is 0.615. The normalized spacial score (nSPS) is 17.9. The summed E-state index contributed by atoms with van der Waals surface area (Å²) in [7, 11) is 0. The molecule has 3 nitrogen and oxygen atoms in total. The average Bonchev–Trinajstić information content (AvgIpc) is 2.19. The minimum atomic E-state index is 0.820. The Morgan fingerprint density at radius 2 is 1.75 bits per heavy atom. The van der Waals surface area contributed by atoms with E-state index in [0.717, 1.165) is 30.2 Å². The summed E-state index contributed by atoms with van der Waals surface area (Å²) >= 11 is 0. The van der Waals surface area contributed by atoms with Crippen molar-refractivity contribution in [2.45, 2.75) is 39.0 Å². The van der Waals surface area contributed by atoms with Crippen molar-refractivity contribution in [2.75, 3.05) is 23.7 Å². The van der Waals surface area contributed by atoms with Crippen LogP contribution in [0.15, 0.2) is 12.3 Å². The van der Waals surface area contributed by atoms with Gasteiger partial charge in [0.25, 0.3) is 0 Å². The van der Waals surface area contributed by atoms with Gasteiger partial charge in [-0.05, 0) is 31.4 Å². The van der Waals surface area contributed by atoms with Gasteiger partial charge in [-0.2, -0.15) is 0 Å². The van der Waals surface area contributed by atoms with Crippen molar-refractivity contribution in [1.82, 2.24) is 4.98 Å². The monoisotopic (exact) mass is 219 g/mol. The number of hydrogen-bond donors (Lipinski definition) is 1. The van der Waals surface area contributed by atoms with E-state index < -0.39 is 0 Å². The van der Waals surface area contributed by atoms with Crippen LogP contribution in [0.1, 0.15) is 37.7 Å². The molecule has 1 aliphatic heterocycles. The summed E-state index contributed by atoms with van der Waals surface area (Å²) in [5, 5.41) is 0. The zero-order valence-electron chi connectivity index (χ0n) is 10.1. The van der Waals surface area contributed by atoms with E-state index in [-0.39, 0.29) is 0 Å². The SMILES string of the molecule is Cc1cnc(N2CCCCCCC2)c(N)c1. The van der Waals surface area contributed by atoms with E-state index in [0.29, 0.717) is 0 Å². The molecule has 16 heavy (non-hydrogen) atoms. The number of rotatable bonds is 1. The van der Waals surface area contributed by atoms with Gasteiger partial charge in [0.15, 0.2) is 5.82 Å². The van der Waals surface area contributed by atoms with Crippen molar-refractivity contribution in [3.05, 3.63) is 17.8 Å². The predicted octanol–water partition coefficient (Wildman–Crippen LogP) is 2.74. The molecular formula is C13H21N3. The molecule has 2 heterocycles. The van der Waals surface area contributed by atoms with Crippen LogP contribution >= 0.6 is 0 Å². The van der Waals surface area contributed by atoms with E-state index >= 15 is 0 Å². The zero-order valence-corrected chi connectivity index (χ0v) is 10.1. The van der Waals surface area contributed by atoms with Crippen LogP contribution in [0.4, 0.5) is 11.5 Å². The van der Waals surface area contributed by atoms with E-state index in [2.05, 4.69) is 9.88 Å². The quantitative estimate of drug-likeness (QED) is 0.789. The van der Waals surface area contributed by atoms with Crippen LogP contribution in [0, 0.1) is 6.92 Å². The molecule has 2 N–H and O–H groups in total. The van der Waals surface area contributed by atoms with Gasteiger partial charge in [0.1, 0.15) is 0 Å². The van der Waals surface area contributed by atoms with Crippen molar-refractivity contribution in [3.63, 3.8) is 0 Å². The molecule has 0 atom stereocenters. The van der Waals surface area contributed by atoms with Gasteiger partial charge in [-0.3, -0.25) is 0 Å². The topological polar surface area (TPSA) is 42.2 Å². The summed E-state index contributed by atoms with van der Waals surface area (Å²) in [6.45, 7) is 4.22. The Balaban J connectivity index is 2.14. The molecule has 0 amide bonds. The number of pyridine rings is 1. The Kier molecular flexibility index (Phi) is 3.65. The lowest BCUT2D eigenvalue weighted by Gasteiger charge is -2.26. The Labute approximate surface area is 97.7 Å². The Hall–Kier alpha value is -1.25. The summed E-state index contributed by atoms with van der Waals surface area (Å²) in [6, 6.07) is 2.01. The molecule has 0 spiro atoms. The van der Waals surface area contributed by atoms with Crippen molar-refractivity contribution < 1.29 is 0 Å². The lowest BCUT2D eigenvalue weighted by molar-refractivity contribution is 0.554. The van der Waals surface area contributed by atoms with Crippen molar-refractivity contribution in [2.24, 2.45) is 0 Å². The average molecular weight is 219 g/mol. The first-order chi connectivity index (χ1) is 7.77. The van der Waals surface area contributed by atoms with E-state index in [1.54, 1.807) is 0 Å². The van der Waals surface area contributed by atoms with Crippen molar-refractivity contribution in [3.8, 4) is 0 Å². The van der Waals surface area contributed by atoms with Crippen LogP contribution in [0.2, 0.25) is 0 Å². The second-order valence-electron chi connectivity index (χ2n) is 4.68. The minimum Gasteiger partial charge on any atom is -0.396 e. The fourth-order valence-electron chi connectivity index (χ4n) is 2.31. The third kappa shape index (κ3) is 2.65. The molecule has 0 aromatic carbocycles. The number of hydrogen-bond acceptors (Lipinski definition) is 3. The maximum absolute atomic E-state index is 6.04. The van der Waals surface area contributed by atoms with Gasteiger partial charge in [-0.25, -0.2) is 4.98 Å². The summed E-state index contributed by atoms with van der Waals surface area (Å²) in [6.07, 6.45) is 8.48. The highest BCUT2D eigenvalue weighted by Gasteiger charge is 2.12. The highest BCUT2D eigenvalue weighted by molar-refractivity contribution is 5.63. The maximum atomic E-state index is 6.04. The minimum absolute atomic E-state index is 0.820. The molecule has 88 valence electrons. The van der Waals surface area contributed by atoms with Crippen LogP contribution in [0.25, 0.3) is 0 Å². The number of anilines is 2. The maximum Gasteiger partial charge on any atom is 0.151 e. The summed E-state index contributed by atoms with van der Waals surface area (Å²) < 4.78 is 0. The number of nitrogens with zero attached hydrogens (tertiary/aromatic N) is 2. The highest BCUT2D eigenvalue weighted by Crippen LogP contribution is 2.23. The first-order valence-corrected chi connectivity index (χ1v) is 6.24. The van der Waals surface area contributed by atoms with Crippen molar-refractivity contribution in [1.29, 1.82) is 0 Å². The first kappa shape index (κ1) is 11.2. The van der Waals surface area contributed by atoms with E-state index in [9.17, 15) is 0 Å². The first-order valence-electron chi connectivity index (χ1n) is 6.24. The third-order valence-corrected chi connectivity index (χ3v) is 3.19. The van der Waals surface area contributed by atoms with Gasteiger partial charge in [0.05, 0.1) is 5.69 Å². The van der Waals surface area contributed by atoms with Gasteiger partial charge in [0, 0.05) is 19.3 Å². The Morgan fingerprint density at radius 3 is 2.38 bits per heavy atom. The Bertz CT molecular complexity index is 341. The molecule has 1 aromatic heterocycles. The number of aryl methyl sites for hydroxylation is 1. The van der Waals surface area contributed by atoms with E-state index in [1.807, 2.05) is 19.2 Å². The fourth-order valence-corrected chi connectivity index (χ4v) is 2.31.